The van der Waals surface area contributed by atoms with Gasteiger partial charge in [-0.2, -0.15) is 0 Å². The summed E-state index contributed by atoms with van der Waals surface area (Å²) >= 11 is 0. The van der Waals surface area contributed by atoms with Gasteiger partial charge in [-0.25, -0.2) is 0 Å². The number of carbonyl (C=O) groups is 1. The maximum absolute atomic E-state index is 13.0. The van der Waals surface area contributed by atoms with E-state index in [2.05, 4.69) is 5.73 Å². The Morgan fingerprint density at radius 1 is 0.957 bits per heavy atom. The highest BCUT2D eigenvalue weighted by Crippen LogP contribution is 2.18. The number of rotatable bonds is 5. The van der Waals surface area contributed by atoms with Crippen molar-refractivity contribution in [1.29, 1.82) is 0 Å². The number of benzene rings is 2. The largest absolute Gasteiger partial charge is 0.334 e. The van der Waals surface area contributed by atoms with Gasteiger partial charge in [0.1, 0.15) is 0 Å². The van der Waals surface area contributed by atoms with Gasteiger partial charge in [0.2, 0.25) is 0 Å². The first-order valence-corrected chi connectivity index (χ1v) is 7.94. The van der Waals surface area contributed by atoms with E-state index in [0.717, 1.165) is 16.7 Å². The Labute approximate surface area is 138 Å². The summed E-state index contributed by atoms with van der Waals surface area (Å²) in [6.45, 7) is 7.20. The van der Waals surface area contributed by atoms with Crippen LogP contribution in [-0.4, -0.2) is 17.4 Å². The third-order valence-corrected chi connectivity index (χ3v) is 3.54. The second-order valence-electron chi connectivity index (χ2n) is 5.67. The van der Waals surface area contributed by atoms with Crippen LogP contribution in [0.15, 0.2) is 72.0 Å². The Balaban J connectivity index is 2.35. The van der Waals surface area contributed by atoms with Crippen molar-refractivity contribution in [2.75, 3.05) is 6.54 Å². The van der Waals surface area contributed by atoms with Crippen molar-refractivity contribution in [1.82, 2.24) is 4.90 Å². The van der Waals surface area contributed by atoms with Crippen LogP contribution in [0.25, 0.3) is 5.57 Å². The Morgan fingerprint density at radius 3 is 2.04 bits per heavy atom. The first-order valence-electron chi connectivity index (χ1n) is 7.94. The zero-order valence-electron chi connectivity index (χ0n) is 14.0. The van der Waals surface area contributed by atoms with E-state index in [9.17, 15) is 4.79 Å². The molecule has 0 N–H and O–H groups in total. The molecule has 2 rings (SSSR count). The topological polar surface area (TPSA) is 20.3 Å². The van der Waals surface area contributed by atoms with Gasteiger partial charge in [0.15, 0.2) is 0 Å². The summed E-state index contributed by atoms with van der Waals surface area (Å²) in [7, 11) is 0. The van der Waals surface area contributed by atoms with Crippen molar-refractivity contribution in [2.45, 2.75) is 27.3 Å². The molecule has 0 saturated heterocycles. The van der Waals surface area contributed by atoms with E-state index < -0.39 is 0 Å². The maximum Gasteiger partial charge on any atom is 0.262 e. The summed E-state index contributed by atoms with van der Waals surface area (Å²) in [6, 6.07) is 19.8. The molecule has 0 atom stereocenters. The van der Waals surface area contributed by atoms with Crippen molar-refractivity contribution >= 4 is 11.5 Å². The molecule has 0 spiro atoms. The number of hydrogen-bond donors (Lipinski definition) is 0. The fraction of sp³-hybridized carbons (Fsp3) is 0.238. The molecular weight excluding hydrogens is 282 g/mol. The van der Waals surface area contributed by atoms with Crippen LogP contribution in [0, 0.1) is 0 Å². The molecule has 0 saturated carbocycles. The molecule has 2 aromatic carbocycles. The lowest BCUT2D eigenvalue weighted by atomic mass is 10.0. The van der Waals surface area contributed by atoms with Gasteiger partial charge < -0.3 is 4.90 Å². The van der Waals surface area contributed by atoms with Crippen LogP contribution in [-0.2, 0) is 11.3 Å². The highest BCUT2D eigenvalue weighted by molar-refractivity contribution is 6.19. The summed E-state index contributed by atoms with van der Waals surface area (Å²) < 4.78 is 0. The first kappa shape index (κ1) is 16.8. The molecule has 2 aromatic rings. The number of carbonyl (C=O) groups excluding carboxylic acids is 1. The van der Waals surface area contributed by atoms with Gasteiger partial charge in [-0.15, -0.1) is 5.73 Å². The average Bonchev–Trinajstić information content (AvgIpc) is 2.58. The minimum absolute atomic E-state index is 0.0174. The van der Waals surface area contributed by atoms with E-state index in [-0.39, 0.29) is 5.91 Å². The lowest BCUT2D eigenvalue weighted by Gasteiger charge is -2.22. The summed E-state index contributed by atoms with van der Waals surface area (Å²) in [6.07, 6.45) is 0. The van der Waals surface area contributed by atoms with Crippen LogP contribution in [0.5, 0.6) is 0 Å². The molecule has 23 heavy (non-hydrogen) atoms. The van der Waals surface area contributed by atoms with Crippen LogP contribution >= 0.6 is 0 Å². The van der Waals surface area contributed by atoms with E-state index in [1.165, 1.54) is 0 Å². The van der Waals surface area contributed by atoms with E-state index in [1.807, 2.05) is 86.3 Å². The molecule has 0 unspecified atom stereocenters. The van der Waals surface area contributed by atoms with Crippen LogP contribution in [0.4, 0.5) is 0 Å². The standard InChI is InChI=1S/C21H23NO/c1-4-22(16-18-11-7-5-8-12-18)21(23)20(15-17(2)3)19-13-9-6-10-14-19/h5-14H,4,16H2,1-3H3. The van der Waals surface area contributed by atoms with Gasteiger partial charge >= 0.3 is 0 Å². The quantitative estimate of drug-likeness (QED) is 0.580. The van der Waals surface area contributed by atoms with Gasteiger partial charge in [0, 0.05) is 13.1 Å². The highest BCUT2D eigenvalue weighted by atomic mass is 16.2. The van der Waals surface area contributed by atoms with Gasteiger partial charge in [-0.3, -0.25) is 4.79 Å². The number of amides is 1. The van der Waals surface area contributed by atoms with Crippen LogP contribution in [0.1, 0.15) is 31.9 Å². The number of hydrogen-bond acceptors (Lipinski definition) is 1. The van der Waals surface area contributed by atoms with Crippen molar-refractivity contribution in [3.05, 3.63) is 83.1 Å². The molecule has 1 amide bonds. The number of likely N-dealkylation sites (N-methyl/N-ethyl adjacent to an activating group) is 1. The van der Waals surface area contributed by atoms with Crippen LogP contribution < -0.4 is 0 Å². The molecule has 0 fully saturated rings. The third-order valence-electron chi connectivity index (χ3n) is 3.54. The highest BCUT2D eigenvalue weighted by Gasteiger charge is 2.18. The minimum atomic E-state index is 0.0174. The molecule has 118 valence electrons. The molecule has 2 heteroatoms. The third kappa shape index (κ3) is 4.70. The van der Waals surface area contributed by atoms with Crippen LogP contribution in [0.2, 0.25) is 0 Å². The lowest BCUT2D eigenvalue weighted by molar-refractivity contribution is -0.125. The molecular formula is C21H23NO. The van der Waals surface area contributed by atoms with E-state index in [1.54, 1.807) is 0 Å². The lowest BCUT2D eigenvalue weighted by Crippen LogP contribution is -2.30. The van der Waals surface area contributed by atoms with Gasteiger partial charge in [-0.05, 0) is 37.5 Å². The SMILES string of the molecule is CCN(Cc1ccccc1)C(=O)C(=C=C(C)C)c1ccccc1. The molecule has 0 heterocycles. The molecule has 2 nitrogen and oxygen atoms in total. The van der Waals surface area contributed by atoms with E-state index in [0.29, 0.717) is 18.7 Å². The summed E-state index contributed by atoms with van der Waals surface area (Å²) in [5.74, 6) is 0.0174. The van der Waals surface area contributed by atoms with Gasteiger partial charge in [0.25, 0.3) is 5.91 Å². The zero-order valence-corrected chi connectivity index (χ0v) is 14.0. The summed E-state index contributed by atoms with van der Waals surface area (Å²) in [4.78, 5) is 14.9. The molecule has 0 radical (unpaired) electrons. The predicted octanol–water partition coefficient (Wildman–Crippen LogP) is 4.68. The van der Waals surface area contributed by atoms with E-state index >= 15 is 0 Å². The fourth-order valence-corrected chi connectivity index (χ4v) is 2.39. The summed E-state index contributed by atoms with van der Waals surface area (Å²) in [5.41, 5.74) is 6.90. The average molecular weight is 305 g/mol. The fourth-order valence-electron chi connectivity index (χ4n) is 2.39. The van der Waals surface area contributed by atoms with Gasteiger partial charge in [-0.1, -0.05) is 60.7 Å². The Bertz CT molecular complexity index is 706. The van der Waals surface area contributed by atoms with E-state index in [4.69, 9.17) is 0 Å². The molecule has 0 aliphatic heterocycles. The predicted molar refractivity (Wildman–Crippen MR) is 95.8 cm³/mol. The minimum Gasteiger partial charge on any atom is -0.334 e. The molecule has 0 aliphatic carbocycles. The zero-order chi connectivity index (χ0) is 16.7. The Kier molecular flexibility index (Phi) is 5.96. The Morgan fingerprint density at radius 2 is 1.52 bits per heavy atom. The number of nitrogens with zero attached hydrogens (tertiary/aromatic N) is 1. The monoisotopic (exact) mass is 305 g/mol. The maximum atomic E-state index is 13.0. The summed E-state index contributed by atoms with van der Waals surface area (Å²) in [5, 5.41) is 0. The van der Waals surface area contributed by atoms with Crippen molar-refractivity contribution < 1.29 is 4.79 Å². The van der Waals surface area contributed by atoms with Crippen molar-refractivity contribution in [2.24, 2.45) is 0 Å². The molecule has 0 aromatic heterocycles. The molecule has 0 bridgehead atoms. The molecule has 0 aliphatic rings. The van der Waals surface area contributed by atoms with Crippen molar-refractivity contribution in [3.63, 3.8) is 0 Å². The smallest absolute Gasteiger partial charge is 0.262 e. The normalized spacial score (nSPS) is 9.87. The van der Waals surface area contributed by atoms with Crippen molar-refractivity contribution in [3.8, 4) is 0 Å². The second-order valence-corrected chi connectivity index (χ2v) is 5.67. The van der Waals surface area contributed by atoms with Gasteiger partial charge in [0.05, 0.1) is 5.57 Å². The van der Waals surface area contributed by atoms with Crippen LogP contribution in [0.3, 0.4) is 0 Å². The first-order chi connectivity index (χ1) is 11.1. The second kappa shape index (κ2) is 8.17. The Hall–Kier alpha value is -2.57.